The monoisotopic (exact) mass is 202 g/mol. The first-order valence-electron chi connectivity index (χ1n) is 4.76. The minimum Gasteiger partial charge on any atom is -0.450 e. The third-order valence-corrected chi connectivity index (χ3v) is 1.28. The van der Waals surface area contributed by atoms with Crippen molar-refractivity contribution in [2.45, 2.75) is 33.2 Å². The first-order valence-corrected chi connectivity index (χ1v) is 4.76. The normalized spacial score (nSPS) is 9.71. The molecule has 0 atom stereocenters. The average molecular weight is 202 g/mol. The number of carbonyl (C=O) groups excluding carboxylic acids is 2. The van der Waals surface area contributed by atoms with Gasteiger partial charge in [0.15, 0.2) is 0 Å². The first-order chi connectivity index (χ1) is 6.56. The molecule has 0 aromatic rings. The van der Waals surface area contributed by atoms with Crippen molar-refractivity contribution < 1.29 is 14.3 Å². The molecule has 0 spiro atoms. The number of nitrogens with one attached hydrogen (secondary N) is 2. The van der Waals surface area contributed by atoms with Crippen molar-refractivity contribution in [1.29, 1.82) is 0 Å². The quantitative estimate of drug-likeness (QED) is 0.687. The van der Waals surface area contributed by atoms with Crippen LogP contribution in [-0.2, 0) is 9.53 Å². The van der Waals surface area contributed by atoms with Gasteiger partial charge < -0.3 is 15.4 Å². The van der Waals surface area contributed by atoms with Gasteiger partial charge in [-0.3, -0.25) is 4.79 Å². The standard InChI is InChI=1S/C9H18N2O3/c1-4-5-14-9(13)10-6-8(12)11-7(2)3/h7H,4-6H2,1-3H3,(H,10,13)(H,11,12). The number of alkyl carbamates (subject to hydrolysis) is 1. The summed E-state index contributed by atoms with van der Waals surface area (Å²) in [6, 6.07) is 0.0796. The third-order valence-electron chi connectivity index (χ3n) is 1.28. The molecule has 0 radical (unpaired) electrons. The molecule has 0 aromatic heterocycles. The summed E-state index contributed by atoms with van der Waals surface area (Å²) in [5, 5.41) is 4.99. The van der Waals surface area contributed by atoms with Gasteiger partial charge in [-0.25, -0.2) is 4.79 Å². The van der Waals surface area contributed by atoms with Crippen LogP contribution in [0.4, 0.5) is 4.79 Å². The van der Waals surface area contributed by atoms with Gasteiger partial charge in [-0.15, -0.1) is 0 Å². The van der Waals surface area contributed by atoms with Crippen LogP contribution in [-0.4, -0.2) is 31.2 Å². The predicted octanol–water partition coefficient (Wildman–Crippen LogP) is 0.647. The van der Waals surface area contributed by atoms with Crippen LogP contribution in [0.2, 0.25) is 0 Å². The van der Waals surface area contributed by atoms with E-state index in [1.807, 2.05) is 20.8 Å². The number of ether oxygens (including phenoxy) is 1. The van der Waals surface area contributed by atoms with E-state index in [1.165, 1.54) is 0 Å². The molecular formula is C9H18N2O3. The summed E-state index contributed by atoms with van der Waals surface area (Å²) >= 11 is 0. The Hall–Kier alpha value is -1.26. The zero-order chi connectivity index (χ0) is 11.0. The number of hydrogen-bond donors (Lipinski definition) is 2. The highest BCUT2D eigenvalue weighted by Crippen LogP contribution is 1.82. The van der Waals surface area contributed by atoms with Gasteiger partial charge in [-0.2, -0.15) is 0 Å². The van der Waals surface area contributed by atoms with E-state index < -0.39 is 6.09 Å². The Balaban J connectivity index is 3.51. The minimum absolute atomic E-state index is 0.0409. The van der Waals surface area contributed by atoms with Crippen molar-refractivity contribution in [3.63, 3.8) is 0 Å². The van der Waals surface area contributed by atoms with Crippen LogP contribution in [0.25, 0.3) is 0 Å². The summed E-state index contributed by atoms with van der Waals surface area (Å²) in [5.74, 6) is -0.214. The summed E-state index contributed by atoms with van der Waals surface area (Å²) in [6.45, 7) is 5.94. The maximum absolute atomic E-state index is 11.1. The number of carbonyl (C=O) groups is 2. The minimum atomic E-state index is -0.550. The van der Waals surface area contributed by atoms with Crippen LogP contribution in [0.15, 0.2) is 0 Å². The molecular weight excluding hydrogens is 184 g/mol. The number of rotatable bonds is 5. The molecule has 0 unspecified atom stereocenters. The molecule has 0 rings (SSSR count). The van der Waals surface area contributed by atoms with E-state index in [4.69, 9.17) is 4.74 Å². The average Bonchev–Trinajstić information content (AvgIpc) is 2.10. The Morgan fingerprint density at radius 3 is 2.50 bits per heavy atom. The van der Waals surface area contributed by atoms with E-state index in [1.54, 1.807) is 0 Å². The van der Waals surface area contributed by atoms with E-state index in [0.29, 0.717) is 6.61 Å². The fourth-order valence-corrected chi connectivity index (χ4v) is 0.771. The van der Waals surface area contributed by atoms with Gasteiger partial charge in [0.05, 0.1) is 6.61 Å². The summed E-state index contributed by atoms with van der Waals surface area (Å²) in [5.41, 5.74) is 0. The van der Waals surface area contributed by atoms with Gasteiger partial charge in [0.25, 0.3) is 0 Å². The second kappa shape index (κ2) is 7.17. The van der Waals surface area contributed by atoms with E-state index >= 15 is 0 Å². The highest BCUT2D eigenvalue weighted by molar-refractivity contribution is 5.82. The Kier molecular flexibility index (Phi) is 6.53. The lowest BCUT2D eigenvalue weighted by Gasteiger charge is -2.09. The molecule has 0 aromatic carbocycles. The Morgan fingerprint density at radius 2 is 2.00 bits per heavy atom. The lowest BCUT2D eigenvalue weighted by atomic mass is 10.4. The Morgan fingerprint density at radius 1 is 1.36 bits per heavy atom. The largest absolute Gasteiger partial charge is 0.450 e. The molecule has 5 heteroatoms. The predicted molar refractivity (Wildman–Crippen MR) is 52.9 cm³/mol. The molecule has 82 valence electrons. The maximum Gasteiger partial charge on any atom is 0.407 e. The van der Waals surface area contributed by atoms with Gasteiger partial charge in [-0.05, 0) is 20.3 Å². The molecule has 5 nitrogen and oxygen atoms in total. The topological polar surface area (TPSA) is 67.4 Å². The molecule has 0 fully saturated rings. The fourth-order valence-electron chi connectivity index (χ4n) is 0.771. The smallest absolute Gasteiger partial charge is 0.407 e. The summed E-state index contributed by atoms with van der Waals surface area (Å²) in [7, 11) is 0. The molecule has 0 saturated heterocycles. The van der Waals surface area contributed by atoms with Crippen LogP contribution >= 0.6 is 0 Å². The summed E-state index contributed by atoms with van der Waals surface area (Å²) in [4.78, 5) is 21.9. The molecule has 0 saturated carbocycles. The van der Waals surface area contributed by atoms with Crippen molar-refractivity contribution in [3.05, 3.63) is 0 Å². The van der Waals surface area contributed by atoms with Gasteiger partial charge in [0.1, 0.15) is 6.54 Å². The Bertz CT molecular complexity index is 192. The lowest BCUT2D eigenvalue weighted by Crippen LogP contribution is -2.40. The third kappa shape index (κ3) is 7.39. The van der Waals surface area contributed by atoms with Crippen molar-refractivity contribution in [2.24, 2.45) is 0 Å². The van der Waals surface area contributed by atoms with E-state index in [2.05, 4.69) is 10.6 Å². The summed E-state index contributed by atoms with van der Waals surface area (Å²) < 4.78 is 4.72. The Labute approximate surface area is 84.2 Å². The van der Waals surface area contributed by atoms with Gasteiger partial charge in [0.2, 0.25) is 5.91 Å². The van der Waals surface area contributed by atoms with Crippen molar-refractivity contribution in [2.75, 3.05) is 13.2 Å². The van der Waals surface area contributed by atoms with Crippen LogP contribution < -0.4 is 10.6 Å². The zero-order valence-corrected chi connectivity index (χ0v) is 8.92. The molecule has 0 aliphatic rings. The van der Waals surface area contributed by atoms with Crippen LogP contribution in [0, 0.1) is 0 Å². The molecule has 0 aliphatic heterocycles. The maximum atomic E-state index is 11.1. The highest BCUT2D eigenvalue weighted by atomic mass is 16.5. The van der Waals surface area contributed by atoms with Crippen molar-refractivity contribution in [3.8, 4) is 0 Å². The lowest BCUT2D eigenvalue weighted by molar-refractivity contribution is -0.120. The van der Waals surface area contributed by atoms with Gasteiger partial charge in [0, 0.05) is 6.04 Å². The molecule has 0 aliphatic carbocycles. The van der Waals surface area contributed by atoms with Gasteiger partial charge >= 0.3 is 6.09 Å². The zero-order valence-electron chi connectivity index (χ0n) is 8.92. The van der Waals surface area contributed by atoms with Crippen LogP contribution in [0.1, 0.15) is 27.2 Å². The van der Waals surface area contributed by atoms with Gasteiger partial charge in [-0.1, -0.05) is 6.92 Å². The van der Waals surface area contributed by atoms with E-state index in [-0.39, 0.29) is 18.5 Å². The molecule has 0 bridgehead atoms. The van der Waals surface area contributed by atoms with Crippen LogP contribution in [0.3, 0.4) is 0 Å². The second-order valence-electron chi connectivity index (χ2n) is 3.21. The van der Waals surface area contributed by atoms with E-state index in [9.17, 15) is 9.59 Å². The SMILES string of the molecule is CCCOC(=O)NCC(=O)NC(C)C. The second-order valence-corrected chi connectivity index (χ2v) is 3.21. The molecule has 14 heavy (non-hydrogen) atoms. The van der Waals surface area contributed by atoms with E-state index in [0.717, 1.165) is 6.42 Å². The van der Waals surface area contributed by atoms with Crippen LogP contribution in [0.5, 0.6) is 0 Å². The number of hydrogen-bond acceptors (Lipinski definition) is 3. The fraction of sp³-hybridized carbons (Fsp3) is 0.778. The number of amides is 2. The molecule has 0 heterocycles. The highest BCUT2D eigenvalue weighted by Gasteiger charge is 2.06. The molecule has 2 amide bonds. The molecule has 2 N–H and O–H groups in total. The summed E-state index contributed by atoms with van der Waals surface area (Å²) in [6.07, 6.45) is 0.219. The van der Waals surface area contributed by atoms with Crippen molar-refractivity contribution in [1.82, 2.24) is 10.6 Å². The first kappa shape index (κ1) is 12.7. The van der Waals surface area contributed by atoms with Crippen molar-refractivity contribution >= 4 is 12.0 Å².